The molecule has 1 saturated heterocycles. The number of aromatic amines is 1. The maximum absolute atomic E-state index is 13.1. The van der Waals surface area contributed by atoms with Gasteiger partial charge in [0.1, 0.15) is 11.8 Å². The molecular weight excluding hydrogens is 380 g/mol. The summed E-state index contributed by atoms with van der Waals surface area (Å²) in [6.45, 7) is 2.15. The predicted molar refractivity (Wildman–Crippen MR) is 113 cm³/mol. The Labute approximate surface area is 174 Å². The van der Waals surface area contributed by atoms with E-state index in [1.807, 2.05) is 42.5 Å². The monoisotopic (exact) mass is 402 g/mol. The number of rotatable bonds is 4. The molecule has 3 aromatic rings. The van der Waals surface area contributed by atoms with E-state index in [1.54, 1.807) is 18.1 Å². The second kappa shape index (κ2) is 8.39. The van der Waals surface area contributed by atoms with E-state index in [0.29, 0.717) is 37.3 Å². The molecule has 30 heavy (non-hydrogen) atoms. The van der Waals surface area contributed by atoms with Gasteiger partial charge in [-0.05, 0) is 23.8 Å². The van der Waals surface area contributed by atoms with Crippen LogP contribution in [-0.4, -0.2) is 54.0 Å². The number of H-pyrrole nitrogens is 1. The largest absolute Gasteiger partial charge is 0.497 e. The first kappa shape index (κ1) is 19.7. The van der Waals surface area contributed by atoms with Crippen LogP contribution in [0.25, 0.3) is 10.9 Å². The van der Waals surface area contributed by atoms with E-state index >= 15 is 0 Å². The number of piperazine rings is 1. The second-order valence-electron chi connectivity index (χ2n) is 7.23. The van der Waals surface area contributed by atoms with Gasteiger partial charge in [-0.25, -0.2) is 0 Å². The summed E-state index contributed by atoms with van der Waals surface area (Å²) in [6.07, 6.45) is 0. The Balaban J connectivity index is 1.50. The van der Waals surface area contributed by atoms with Crippen LogP contribution in [0.2, 0.25) is 0 Å². The number of benzene rings is 2. The molecule has 1 amide bonds. The topological polar surface area (TPSA) is 89.4 Å². The van der Waals surface area contributed by atoms with Gasteiger partial charge in [-0.15, -0.1) is 0 Å². The molecule has 7 heteroatoms. The minimum absolute atomic E-state index is 0.157. The van der Waals surface area contributed by atoms with Crippen LogP contribution in [-0.2, 0) is 0 Å². The van der Waals surface area contributed by atoms with Crippen LogP contribution in [0.15, 0.2) is 59.4 Å². The van der Waals surface area contributed by atoms with Gasteiger partial charge in [0, 0.05) is 43.1 Å². The van der Waals surface area contributed by atoms with Gasteiger partial charge < -0.3 is 14.6 Å². The first-order valence-corrected chi connectivity index (χ1v) is 9.79. The van der Waals surface area contributed by atoms with E-state index in [0.717, 1.165) is 16.7 Å². The molecule has 2 heterocycles. The minimum Gasteiger partial charge on any atom is -0.497 e. The van der Waals surface area contributed by atoms with Crippen LogP contribution in [0, 0.1) is 11.3 Å². The molecular formula is C23H22N4O3. The number of nitrogens with one attached hydrogen (secondary N) is 1. The second-order valence-corrected chi connectivity index (χ2v) is 7.23. The van der Waals surface area contributed by atoms with E-state index in [2.05, 4.69) is 16.0 Å². The summed E-state index contributed by atoms with van der Waals surface area (Å²) >= 11 is 0. The van der Waals surface area contributed by atoms with Crippen LogP contribution >= 0.6 is 0 Å². The zero-order valence-electron chi connectivity index (χ0n) is 16.7. The fourth-order valence-electron chi connectivity index (χ4n) is 3.89. The molecule has 1 aliphatic heterocycles. The SMILES string of the molecule is COc1ccc(C(C#N)N2CCN(C(=O)c3cc(=O)[nH]c4ccccc34)CC2)cc1. The van der Waals surface area contributed by atoms with Crippen molar-refractivity contribution < 1.29 is 9.53 Å². The summed E-state index contributed by atoms with van der Waals surface area (Å²) in [5, 5.41) is 10.5. The highest BCUT2D eigenvalue weighted by Crippen LogP contribution is 2.25. The first-order valence-electron chi connectivity index (χ1n) is 9.79. The van der Waals surface area contributed by atoms with Crippen molar-refractivity contribution in [1.29, 1.82) is 5.26 Å². The molecule has 152 valence electrons. The van der Waals surface area contributed by atoms with E-state index < -0.39 is 0 Å². The van der Waals surface area contributed by atoms with Crippen molar-refractivity contribution in [1.82, 2.24) is 14.8 Å². The standard InChI is InChI=1S/C23H22N4O3/c1-30-17-8-6-16(7-9-17)21(15-24)26-10-12-27(13-11-26)23(29)19-14-22(28)25-20-5-3-2-4-18(19)20/h2-9,14,21H,10-13H2,1H3,(H,25,28). The molecule has 0 spiro atoms. The highest BCUT2D eigenvalue weighted by molar-refractivity contribution is 6.05. The maximum atomic E-state index is 13.1. The summed E-state index contributed by atoms with van der Waals surface area (Å²) in [6, 6.07) is 18.1. The molecule has 4 rings (SSSR count). The van der Waals surface area contributed by atoms with Gasteiger partial charge in [0.2, 0.25) is 5.56 Å². The lowest BCUT2D eigenvalue weighted by Gasteiger charge is -2.37. The van der Waals surface area contributed by atoms with Crippen LogP contribution in [0.1, 0.15) is 22.0 Å². The number of hydrogen-bond acceptors (Lipinski definition) is 5. The molecule has 1 aliphatic rings. The summed E-state index contributed by atoms with van der Waals surface area (Å²) in [5.74, 6) is 0.589. The average molecular weight is 402 g/mol. The van der Waals surface area contributed by atoms with E-state index in [1.165, 1.54) is 6.07 Å². The number of hydrogen-bond donors (Lipinski definition) is 1. The third kappa shape index (κ3) is 3.78. The number of nitriles is 1. The van der Waals surface area contributed by atoms with Crippen LogP contribution in [0.5, 0.6) is 5.75 Å². The molecule has 0 saturated carbocycles. The Bertz CT molecular complexity index is 1160. The smallest absolute Gasteiger partial charge is 0.254 e. The third-order valence-corrected chi connectivity index (χ3v) is 5.50. The lowest BCUT2D eigenvalue weighted by molar-refractivity contribution is 0.0608. The normalized spacial score (nSPS) is 15.5. The van der Waals surface area contributed by atoms with Crippen molar-refractivity contribution >= 4 is 16.8 Å². The highest BCUT2D eigenvalue weighted by atomic mass is 16.5. The van der Waals surface area contributed by atoms with E-state index in [9.17, 15) is 14.9 Å². The van der Waals surface area contributed by atoms with Gasteiger partial charge in [0.15, 0.2) is 0 Å². The number of fused-ring (bicyclic) bond motifs is 1. The van der Waals surface area contributed by atoms with Gasteiger partial charge in [-0.1, -0.05) is 30.3 Å². The van der Waals surface area contributed by atoms with Crippen molar-refractivity contribution in [2.24, 2.45) is 0 Å². The summed E-state index contributed by atoms with van der Waals surface area (Å²) < 4.78 is 5.18. The molecule has 0 radical (unpaired) electrons. The van der Waals surface area contributed by atoms with Gasteiger partial charge >= 0.3 is 0 Å². The Morgan fingerprint density at radius 1 is 1.10 bits per heavy atom. The van der Waals surface area contributed by atoms with Crippen molar-refractivity contribution in [3.63, 3.8) is 0 Å². The van der Waals surface area contributed by atoms with Crippen LogP contribution < -0.4 is 10.3 Å². The number of methoxy groups -OCH3 is 1. The van der Waals surface area contributed by atoms with Gasteiger partial charge in [0.25, 0.3) is 5.91 Å². The molecule has 7 nitrogen and oxygen atoms in total. The maximum Gasteiger partial charge on any atom is 0.254 e. The number of aromatic nitrogens is 1. The molecule has 1 fully saturated rings. The average Bonchev–Trinajstić information content (AvgIpc) is 2.79. The molecule has 0 aliphatic carbocycles. The van der Waals surface area contributed by atoms with Gasteiger partial charge in [-0.2, -0.15) is 5.26 Å². The number of carbonyl (C=O) groups excluding carboxylic acids is 1. The first-order chi connectivity index (χ1) is 14.6. The summed E-state index contributed by atoms with van der Waals surface area (Å²) in [4.78, 5) is 31.7. The minimum atomic E-state index is -0.381. The van der Waals surface area contributed by atoms with Crippen molar-refractivity contribution in [2.45, 2.75) is 6.04 Å². The van der Waals surface area contributed by atoms with E-state index in [-0.39, 0.29) is 17.5 Å². The lowest BCUT2D eigenvalue weighted by Crippen LogP contribution is -2.49. The van der Waals surface area contributed by atoms with Crippen molar-refractivity contribution in [3.05, 3.63) is 76.1 Å². The summed E-state index contributed by atoms with van der Waals surface area (Å²) in [5.41, 5.74) is 1.67. The molecule has 2 aromatic carbocycles. The van der Waals surface area contributed by atoms with Crippen molar-refractivity contribution in [3.8, 4) is 11.8 Å². The number of pyridine rings is 1. The molecule has 1 atom stereocenters. The predicted octanol–water partition coefficient (Wildman–Crippen LogP) is 2.56. The number of nitrogens with zero attached hydrogens (tertiary/aromatic N) is 3. The van der Waals surface area contributed by atoms with E-state index in [4.69, 9.17) is 4.74 Å². The molecule has 0 bridgehead atoms. The third-order valence-electron chi connectivity index (χ3n) is 5.50. The zero-order valence-corrected chi connectivity index (χ0v) is 16.7. The zero-order chi connectivity index (χ0) is 21.1. The fourth-order valence-corrected chi connectivity index (χ4v) is 3.89. The Kier molecular flexibility index (Phi) is 5.50. The Morgan fingerprint density at radius 3 is 2.47 bits per heavy atom. The number of carbonyl (C=O) groups is 1. The number of ether oxygens (including phenoxy) is 1. The molecule has 1 N–H and O–H groups in total. The molecule has 1 aromatic heterocycles. The van der Waals surface area contributed by atoms with Crippen molar-refractivity contribution in [2.75, 3.05) is 33.3 Å². The molecule has 1 unspecified atom stereocenters. The number of amides is 1. The van der Waals surface area contributed by atoms with Gasteiger partial charge in [0.05, 0.1) is 18.7 Å². The quantitative estimate of drug-likeness (QED) is 0.724. The summed E-state index contributed by atoms with van der Waals surface area (Å²) in [7, 11) is 1.61. The lowest BCUT2D eigenvalue weighted by atomic mass is 10.0. The Morgan fingerprint density at radius 2 is 1.80 bits per heavy atom. The van der Waals surface area contributed by atoms with Crippen LogP contribution in [0.4, 0.5) is 0 Å². The number of para-hydroxylation sites is 1. The highest BCUT2D eigenvalue weighted by Gasteiger charge is 2.28. The Hall–Kier alpha value is -3.63. The fraction of sp³-hybridized carbons (Fsp3) is 0.261. The van der Waals surface area contributed by atoms with Gasteiger partial charge in [-0.3, -0.25) is 14.5 Å². The van der Waals surface area contributed by atoms with Crippen LogP contribution in [0.3, 0.4) is 0 Å².